The molecule has 1 unspecified atom stereocenters. The molecule has 118 valence electrons. The first kappa shape index (κ1) is 23.7. The van der Waals surface area contributed by atoms with Crippen LogP contribution in [0.5, 0.6) is 0 Å². The third kappa shape index (κ3) is 21.7. The Kier molecular flexibility index (Phi) is 26.9. The van der Waals surface area contributed by atoms with Gasteiger partial charge in [-0.15, -0.1) is 9.24 Å². The van der Waals surface area contributed by atoms with Crippen molar-refractivity contribution < 1.29 is 0 Å². The van der Waals surface area contributed by atoms with E-state index < -0.39 is 0 Å². The van der Waals surface area contributed by atoms with E-state index in [0.29, 0.717) is 0 Å². The van der Waals surface area contributed by atoms with Gasteiger partial charge in [-0.3, -0.25) is 0 Å². The summed E-state index contributed by atoms with van der Waals surface area (Å²) in [6, 6.07) is 0. The molecule has 20 heavy (non-hydrogen) atoms. The van der Waals surface area contributed by atoms with Gasteiger partial charge in [-0.25, -0.2) is 0 Å². The molecular formula is C18H40NaP. The molecule has 0 spiro atoms. The summed E-state index contributed by atoms with van der Waals surface area (Å²) in [5.74, 6) is 0. The van der Waals surface area contributed by atoms with Crippen molar-refractivity contribution in [2.24, 2.45) is 0 Å². The summed E-state index contributed by atoms with van der Waals surface area (Å²) >= 11 is 0. The van der Waals surface area contributed by atoms with Crippen molar-refractivity contribution in [1.29, 1.82) is 0 Å². The second-order valence-corrected chi connectivity index (χ2v) is 6.67. The van der Waals surface area contributed by atoms with E-state index in [9.17, 15) is 0 Å². The van der Waals surface area contributed by atoms with Gasteiger partial charge < -0.3 is 0 Å². The number of hydrogen-bond donors (Lipinski definition) is 0. The minimum atomic E-state index is 0. The predicted octanol–water partition coefficient (Wildman–Crippen LogP) is 6.47. The zero-order valence-corrected chi connectivity index (χ0v) is 14.8. The molecule has 0 amide bonds. The van der Waals surface area contributed by atoms with Crippen LogP contribution in [0.1, 0.15) is 110 Å². The van der Waals surface area contributed by atoms with Crippen molar-refractivity contribution in [1.82, 2.24) is 0 Å². The van der Waals surface area contributed by atoms with Crippen LogP contribution in [0.25, 0.3) is 0 Å². The Labute approximate surface area is 154 Å². The van der Waals surface area contributed by atoms with E-state index in [0.717, 1.165) is 0 Å². The van der Waals surface area contributed by atoms with Crippen molar-refractivity contribution in [2.75, 3.05) is 6.16 Å². The summed E-state index contributed by atoms with van der Waals surface area (Å²) in [6.45, 7) is 2.29. The molecule has 0 nitrogen and oxygen atoms in total. The van der Waals surface area contributed by atoms with E-state index >= 15 is 0 Å². The molecule has 0 saturated heterocycles. The Morgan fingerprint density at radius 1 is 0.450 bits per heavy atom. The van der Waals surface area contributed by atoms with Gasteiger partial charge in [0.2, 0.25) is 0 Å². The second-order valence-electron chi connectivity index (χ2n) is 6.09. The normalized spacial score (nSPS) is 10.5. The van der Waals surface area contributed by atoms with Crippen LogP contribution in [0, 0.1) is 0 Å². The summed E-state index contributed by atoms with van der Waals surface area (Å²) in [5, 5.41) is 0. The minimum absolute atomic E-state index is 0. The van der Waals surface area contributed by atoms with Crippen LogP contribution >= 0.6 is 9.24 Å². The Balaban J connectivity index is 0. The van der Waals surface area contributed by atoms with Crippen LogP contribution in [0.4, 0.5) is 0 Å². The maximum atomic E-state index is 2.83. The molecule has 0 radical (unpaired) electrons. The maximum absolute atomic E-state index is 2.83. The van der Waals surface area contributed by atoms with Gasteiger partial charge in [0, 0.05) is 0 Å². The Morgan fingerprint density at radius 3 is 0.950 bits per heavy atom. The number of rotatable bonds is 16. The zero-order valence-electron chi connectivity index (χ0n) is 13.6. The van der Waals surface area contributed by atoms with Gasteiger partial charge in [0.1, 0.15) is 0 Å². The van der Waals surface area contributed by atoms with Crippen LogP contribution < -0.4 is 0 Å². The number of unbranched alkanes of at least 4 members (excludes halogenated alkanes) is 15. The first-order chi connectivity index (χ1) is 9.41. The van der Waals surface area contributed by atoms with Gasteiger partial charge in [-0.2, -0.15) is 0 Å². The zero-order chi connectivity index (χ0) is 14.0. The molecule has 0 aromatic heterocycles. The molecule has 0 aliphatic heterocycles. The van der Waals surface area contributed by atoms with Gasteiger partial charge in [0.05, 0.1) is 0 Å². The van der Waals surface area contributed by atoms with Gasteiger partial charge in [-0.05, 0) is 12.6 Å². The molecule has 2 heteroatoms. The van der Waals surface area contributed by atoms with Crippen LogP contribution in [-0.4, -0.2) is 35.7 Å². The fourth-order valence-electron chi connectivity index (χ4n) is 2.69. The van der Waals surface area contributed by atoms with Crippen LogP contribution in [-0.2, 0) is 0 Å². The predicted molar refractivity (Wildman–Crippen MR) is 101 cm³/mol. The number of hydrogen-bond acceptors (Lipinski definition) is 0. The van der Waals surface area contributed by atoms with E-state index in [4.69, 9.17) is 0 Å². The fourth-order valence-corrected chi connectivity index (χ4v) is 2.98. The summed E-state index contributed by atoms with van der Waals surface area (Å²) < 4.78 is 0. The first-order valence-electron chi connectivity index (χ1n) is 9.12. The van der Waals surface area contributed by atoms with Gasteiger partial charge in [0.15, 0.2) is 0 Å². The second kappa shape index (κ2) is 22.7. The van der Waals surface area contributed by atoms with Crippen LogP contribution in [0.15, 0.2) is 0 Å². The monoisotopic (exact) mass is 310 g/mol. The molecule has 1 atom stereocenters. The summed E-state index contributed by atoms with van der Waals surface area (Å²) in [4.78, 5) is 0. The molecular weight excluding hydrogens is 270 g/mol. The van der Waals surface area contributed by atoms with E-state index in [1.807, 2.05) is 0 Å². The average molecular weight is 310 g/mol. The van der Waals surface area contributed by atoms with Crippen molar-refractivity contribution in [2.45, 2.75) is 110 Å². The van der Waals surface area contributed by atoms with Crippen LogP contribution in [0.3, 0.4) is 0 Å². The van der Waals surface area contributed by atoms with Gasteiger partial charge in [-0.1, -0.05) is 103 Å². The Bertz CT molecular complexity index is 134. The van der Waals surface area contributed by atoms with Gasteiger partial charge >= 0.3 is 29.6 Å². The topological polar surface area (TPSA) is 0 Å². The summed E-state index contributed by atoms with van der Waals surface area (Å²) in [7, 11) is 2.83. The molecule has 0 aliphatic rings. The van der Waals surface area contributed by atoms with Gasteiger partial charge in [0.25, 0.3) is 0 Å². The molecule has 0 bridgehead atoms. The van der Waals surface area contributed by atoms with Crippen LogP contribution in [0.2, 0.25) is 0 Å². The van der Waals surface area contributed by atoms with Crippen molar-refractivity contribution in [3.05, 3.63) is 0 Å². The van der Waals surface area contributed by atoms with Crippen molar-refractivity contribution in [3.8, 4) is 0 Å². The molecule has 0 aliphatic carbocycles. The summed E-state index contributed by atoms with van der Waals surface area (Å²) in [5.41, 5.74) is 0. The molecule has 0 saturated carbocycles. The summed E-state index contributed by atoms with van der Waals surface area (Å²) in [6.07, 6.45) is 24.7. The first-order valence-corrected chi connectivity index (χ1v) is 9.93. The quantitative estimate of drug-likeness (QED) is 0.174. The third-order valence-corrected chi connectivity index (χ3v) is 4.47. The fraction of sp³-hybridized carbons (Fsp3) is 1.00. The van der Waals surface area contributed by atoms with Crippen molar-refractivity contribution in [3.63, 3.8) is 0 Å². The van der Waals surface area contributed by atoms with Crippen molar-refractivity contribution >= 4 is 38.8 Å². The average Bonchev–Trinajstić information content (AvgIpc) is 2.43. The Morgan fingerprint density at radius 2 is 0.700 bits per heavy atom. The van der Waals surface area contributed by atoms with E-state index in [1.165, 1.54) is 109 Å². The van der Waals surface area contributed by atoms with E-state index in [-0.39, 0.29) is 29.6 Å². The SMILES string of the molecule is CCCCCCCCCCCCCCCCCCP.[NaH]. The molecule has 0 rings (SSSR count). The molecule has 0 aromatic rings. The molecule has 0 N–H and O–H groups in total. The Hall–Kier alpha value is 1.43. The molecule has 0 fully saturated rings. The van der Waals surface area contributed by atoms with E-state index in [2.05, 4.69) is 16.2 Å². The van der Waals surface area contributed by atoms with E-state index in [1.54, 1.807) is 0 Å². The molecule has 0 heterocycles. The third-order valence-electron chi connectivity index (χ3n) is 4.06. The molecule has 0 aromatic carbocycles. The standard InChI is InChI=1S/C18H39P.Na.H/c1-2-3-4-5-6-7-8-9-10-11-12-13-14-15-16-17-18-19;;/h2-19H2,1H3;;.